The summed E-state index contributed by atoms with van der Waals surface area (Å²) in [7, 11) is 0. The minimum absolute atomic E-state index is 0.123. The second-order valence-electron chi connectivity index (χ2n) is 5.09. The summed E-state index contributed by atoms with van der Waals surface area (Å²) in [4.78, 5) is 27.0. The summed E-state index contributed by atoms with van der Waals surface area (Å²) in [5, 5.41) is 11.6. The lowest BCUT2D eigenvalue weighted by Gasteiger charge is -2.18. The summed E-state index contributed by atoms with van der Waals surface area (Å²) in [5.41, 5.74) is 2.37. The number of nitrogens with one attached hydrogen (secondary N) is 1. The number of pyridine rings is 1. The first-order valence-electron chi connectivity index (χ1n) is 7.16. The Bertz CT molecular complexity index is 673. The molecule has 2 N–H and O–H groups in total. The largest absolute Gasteiger partial charge is 0.481 e. The van der Waals surface area contributed by atoms with Crippen molar-refractivity contribution in [1.29, 1.82) is 0 Å². The van der Waals surface area contributed by atoms with Gasteiger partial charge in [-0.25, -0.2) is 4.79 Å². The molecule has 0 saturated carbocycles. The molecule has 1 aromatic carbocycles. The Balaban J connectivity index is 2.01. The summed E-state index contributed by atoms with van der Waals surface area (Å²) in [6, 6.07) is 10.3. The molecule has 1 heterocycles. The van der Waals surface area contributed by atoms with Gasteiger partial charge in [0, 0.05) is 12.4 Å². The van der Waals surface area contributed by atoms with Crippen LogP contribution in [0.25, 0.3) is 0 Å². The number of carboxylic acids is 1. The summed E-state index contributed by atoms with van der Waals surface area (Å²) >= 11 is 0. The van der Waals surface area contributed by atoms with Gasteiger partial charge in [-0.3, -0.25) is 9.78 Å². The lowest BCUT2D eigenvalue weighted by molar-refractivity contribution is -0.137. The van der Waals surface area contributed by atoms with Crippen LogP contribution in [-0.4, -0.2) is 22.2 Å². The highest BCUT2D eigenvalue weighted by molar-refractivity contribution is 5.72. The number of aliphatic carboxylic acids is 1. The Morgan fingerprint density at radius 3 is 2.65 bits per heavy atom. The van der Waals surface area contributed by atoms with E-state index in [4.69, 9.17) is 9.84 Å². The Hall–Kier alpha value is -2.89. The lowest BCUT2D eigenvalue weighted by Crippen LogP contribution is -2.31. The maximum Gasteiger partial charge on any atom is 0.407 e. The Morgan fingerprint density at radius 1 is 1.26 bits per heavy atom. The predicted octanol–water partition coefficient (Wildman–Crippen LogP) is 2.83. The van der Waals surface area contributed by atoms with Gasteiger partial charge in [0.05, 0.1) is 12.5 Å². The maximum atomic E-state index is 11.9. The zero-order valence-electron chi connectivity index (χ0n) is 12.7. The molecule has 0 aliphatic rings. The van der Waals surface area contributed by atoms with Crippen LogP contribution in [0.1, 0.15) is 29.2 Å². The number of carboxylic acid groups (broad SMARTS) is 1. The van der Waals surface area contributed by atoms with Crippen molar-refractivity contribution >= 4 is 12.1 Å². The van der Waals surface area contributed by atoms with Gasteiger partial charge in [0.25, 0.3) is 0 Å². The number of carbonyl (C=O) groups excluding carboxylic acids is 1. The van der Waals surface area contributed by atoms with E-state index in [1.807, 2.05) is 37.3 Å². The molecular weight excluding hydrogens is 296 g/mol. The molecule has 0 bridgehead atoms. The van der Waals surface area contributed by atoms with Gasteiger partial charge in [0.2, 0.25) is 0 Å². The second kappa shape index (κ2) is 7.93. The van der Waals surface area contributed by atoms with E-state index in [0.29, 0.717) is 5.56 Å². The third-order valence-corrected chi connectivity index (χ3v) is 3.34. The van der Waals surface area contributed by atoms with Gasteiger partial charge in [0.1, 0.15) is 6.61 Å². The first-order valence-corrected chi connectivity index (χ1v) is 7.16. The number of hydrogen-bond acceptors (Lipinski definition) is 4. The van der Waals surface area contributed by atoms with E-state index in [-0.39, 0.29) is 13.0 Å². The standard InChI is InChI=1S/C17H18N2O4/c1-12-7-8-18-10-14(12)15(9-16(20)21)19-17(22)23-11-13-5-3-2-4-6-13/h2-8,10,15H,9,11H2,1H3,(H,19,22)(H,20,21)/t15-/m0/s1. The van der Waals surface area contributed by atoms with Crippen LogP contribution in [0, 0.1) is 6.92 Å². The molecule has 0 unspecified atom stereocenters. The lowest BCUT2D eigenvalue weighted by atomic mass is 10.0. The highest BCUT2D eigenvalue weighted by atomic mass is 16.5. The maximum absolute atomic E-state index is 11.9. The molecule has 23 heavy (non-hydrogen) atoms. The average Bonchev–Trinajstić information content (AvgIpc) is 2.53. The van der Waals surface area contributed by atoms with Crippen LogP contribution in [0.15, 0.2) is 48.8 Å². The van der Waals surface area contributed by atoms with E-state index in [1.165, 1.54) is 0 Å². The molecule has 0 spiro atoms. The van der Waals surface area contributed by atoms with Gasteiger partial charge in [-0.2, -0.15) is 0 Å². The molecule has 0 aliphatic carbocycles. The summed E-state index contributed by atoms with van der Waals surface area (Å²) < 4.78 is 5.14. The van der Waals surface area contributed by atoms with Gasteiger partial charge in [0.15, 0.2) is 0 Å². The van der Waals surface area contributed by atoms with Crippen LogP contribution in [0.5, 0.6) is 0 Å². The zero-order chi connectivity index (χ0) is 16.7. The number of hydrogen-bond donors (Lipinski definition) is 2. The molecular formula is C17H18N2O4. The fourth-order valence-corrected chi connectivity index (χ4v) is 2.16. The van der Waals surface area contributed by atoms with Gasteiger partial charge >= 0.3 is 12.1 Å². The minimum Gasteiger partial charge on any atom is -0.481 e. The molecule has 0 saturated heterocycles. The van der Waals surface area contributed by atoms with Crippen LogP contribution in [0.4, 0.5) is 4.79 Å². The Labute approximate surface area is 134 Å². The molecule has 1 atom stereocenters. The normalized spacial score (nSPS) is 11.5. The van der Waals surface area contributed by atoms with E-state index >= 15 is 0 Å². The fraction of sp³-hybridized carbons (Fsp3) is 0.235. The third kappa shape index (κ3) is 5.10. The Kier molecular flexibility index (Phi) is 5.68. The van der Waals surface area contributed by atoms with Gasteiger partial charge in [-0.05, 0) is 29.7 Å². The minimum atomic E-state index is -1.01. The fourth-order valence-electron chi connectivity index (χ4n) is 2.16. The molecule has 0 radical (unpaired) electrons. The Morgan fingerprint density at radius 2 is 2.00 bits per heavy atom. The van der Waals surface area contributed by atoms with Crippen molar-refractivity contribution in [2.75, 3.05) is 0 Å². The van der Waals surface area contributed by atoms with Crippen molar-refractivity contribution < 1.29 is 19.4 Å². The number of aromatic nitrogens is 1. The molecule has 120 valence electrons. The monoisotopic (exact) mass is 314 g/mol. The number of carbonyl (C=O) groups is 2. The van der Waals surface area contributed by atoms with Gasteiger partial charge < -0.3 is 15.2 Å². The molecule has 2 rings (SSSR count). The molecule has 6 heteroatoms. The van der Waals surface area contributed by atoms with Crippen LogP contribution in [0.2, 0.25) is 0 Å². The van der Waals surface area contributed by atoms with Crippen molar-refractivity contribution in [2.45, 2.75) is 26.0 Å². The first kappa shape index (κ1) is 16.5. The van der Waals surface area contributed by atoms with E-state index in [2.05, 4.69) is 10.3 Å². The van der Waals surface area contributed by atoms with Crippen molar-refractivity contribution in [3.8, 4) is 0 Å². The van der Waals surface area contributed by atoms with Crippen molar-refractivity contribution in [1.82, 2.24) is 10.3 Å². The molecule has 0 fully saturated rings. The number of amides is 1. The topological polar surface area (TPSA) is 88.5 Å². The molecule has 1 amide bonds. The highest BCUT2D eigenvalue weighted by Crippen LogP contribution is 2.20. The van der Waals surface area contributed by atoms with Gasteiger partial charge in [-0.1, -0.05) is 30.3 Å². The van der Waals surface area contributed by atoms with E-state index < -0.39 is 18.1 Å². The van der Waals surface area contributed by atoms with Crippen LogP contribution < -0.4 is 5.32 Å². The quantitative estimate of drug-likeness (QED) is 0.856. The van der Waals surface area contributed by atoms with E-state index in [9.17, 15) is 9.59 Å². The smallest absolute Gasteiger partial charge is 0.407 e. The summed E-state index contributed by atoms with van der Waals surface area (Å²) in [5.74, 6) is -1.01. The second-order valence-corrected chi connectivity index (χ2v) is 5.09. The van der Waals surface area contributed by atoms with Crippen LogP contribution >= 0.6 is 0 Å². The SMILES string of the molecule is Cc1ccncc1[C@H](CC(=O)O)NC(=O)OCc1ccccc1. The number of aryl methyl sites for hydroxylation is 1. The highest BCUT2D eigenvalue weighted by Gasteiger charge is 2.20. The number of benzene rings is 1. The van der Waals surface area contributed by atoms with E-state index in [0.717, 1.165) is 11.1 Å². The van der Waals surface area contributed by atoms with E-state index in [1.54, 1.807) is 18.5 Å². The number of alkyl carbamates (subject to hydrolysis) is 1. The zero-order valence-corrected chi connectivity index (χ0v) is 12.7. The summed E-state index contributed by atoms with van der Waals surface area (Å²) in [6.45, 7) is 1.96. The molecule has 0 aliphatic heterocycles. The van der Waals surface area contributed by atoms with Crippen molar-refractivity contribution in [3.63, 3.8) is 0 Å². The number of rotatable bonds is 6. The average molecular weight is 314 g/mol. The number of nitrogens with zero attached hydrogens (tertiary/aromatic N) is 1. The number of ether oxygens (including phenoxy) is 1. The predicted molar refractivity (Wildman–Crippen MR) is 83.7 cm³/mol. The van der Waals surface area contributed by atoms with Crippen molar-refractivity contribution in [2.24, 2.45) is 0 Å². The molecule has 2 aromatic rings. The van der Waals surface area contributed by atoms with Crippen LogP contribution in [-0.2, 0) is 16.1 Å². The van der Waals surface area contributed by atoms with Gasteiger partial charge in [-0.15, -0.1) is 0 Å². The first-order chi connectivity index (χ1) is 11.1. The third-order valence-electron chi connectivity index (χ3n) is 3.34. The summed E-state index contributed by atoms with van der Waals surface area (Å²) in [6.07, 6.45) is 2.26. The molecule has 1 aromatic heterocycles. The molecule has 6 nitrogen and oxygen atoms in total. The van der Waals surface area contributed by atoms with Crippen LogP contribution in [0.3, 0.4) is 0 Å². The van der Waals surface area contributed by atoms with Crippen molar-refractivity contribution in [3.05, 3.63) is 65.5 Å².